The van der Waals surface area contributed by atoms with Gasteiger partial charge in [0, 0.05) is 12.6 Å². The number of carbonyl (C=O) groups is 1. The van der Waals surface area contributed by atoms with E-state index >= 15 is 0 Å². The second-order valence-electron chi connectivity index (χ2n) is 4.23. The SMILES string of the molecule is COc1nc2c(C(C)=O)cc(C)cc2c(=O)n1C. The Kier molecular flexibility index (Phi) is 2.90. The van der Waals surface area contributed by atoms with Crippen molar-refractivity contribution in [1.82, 2.24) is 9.55 Å². The molecule has 0 aliphatic heterocycles. The standard InChI is InChI=1S/C13H14N2O3/c1-7-5-9(8(2)16)11-10(6-7)12(17)15(3)13(14-11)18-4/h5-6H,1-4H3. The number of aryl methyl sites for hydroxylation is 1. The van der Waals surface area contributed by atoms with Crippen LogP contribution >= 0.6 is 0 Å². The number of fused-ring (bicyclic) bond motifs is 1. The first-order valence-corrected chi connectivity index (χ1v) is 5.52. The molecule has 0 saturated heterocycles. The Morgan fingerprint density at radius 2 is 2.06 bits per heavy atom. The Balaban J connectivity index is 3.01. The number of rotatable bonds is 2. The van der Waals surface area contributed by atoms with E-state index in [0.29, 0.717) is 16.5 Å². The van der Waals surface area contributed by atoms with Crippen LogP contribution in [0.2, 0.25) is 0 Å². The molecule has 0 unspecified atom stereocenters. The fraction of sp³-hybridized carbons (Fsp3) is 0.308. The van der Waals surface area contributed by atoms with Gasteiger partial charge >= 0.3 is 0 Å². The molecular formula is C13H14N2O3. The quantitative estimate of drug-likeness (QED) is 0.752. The van der Waals surface area contributed by atoms with E-state index in [1.807, 2.05) is 6.92 Å². The Hall–Kier alpha value is -2.17. The highest BCUT2D eigenvalue weighted by Crippen LogP contribution is 2.19. The largest absolute Gasteiger partial charge is 0.468 e. The zero-order valence-electron chi connectivity index (χ0n) is 10.8. The van der Waals surface area contributed by atoms with E-state index in [1.165, 1.54) is 18.6 Å². The minimum absolute atomic E-state index is 0.119. The van der Waals surface area contributed by atoms with Gasteiger partial charge in [0.15, 0.2) is 5.78 Å². The summed E-state index contributed by atoms with van der Waals surface area (Å²) in [7, 11) is 3.03. The Bertz CT molecular complexity index is 701. The number of methoxy groups -OCH3 is 1. The molecule has 0 aliphatic carbocycles. The predicted octanol–water partition coefficient (Wildman–Crippen LogP) is 1.45. The van der Waals surface area contributed by atoms with Gasteiger partial charge in [0.25, 0.3) is 11.6 Å². The summed E-state index contributed by atoms with van der Waals surface area (Å²) in [6.07, 6.45) is 0. The molecule has 1 aromatic carbocycles. The van der Waals surface area contributed by atoms with Crippen molar-refractivity contribution in [3.63, 3.8) is 0 Å². The van der Waals surface area contributed by atoms with Crippen molar-refractivity contribution in [3.05, 3.63) is 33.6 Å². The fourth-order valence-electron chi connectivity index (χ4n) is 1.95. The Morgan fingerprint density at radius 3 is 2.61 bits per heavy atom. The van der Waals surface area contributed by atoms with Crippen LogP contribution in [0.5, 0.6) is 6.01 Å². The van der Waals surface area contributed by atoms with Crippen molar-refractivity contribution in [2.24, 2.45) is 7.05 Å². The molecule has 1 aromatic heterocycles. The second-order valence-corrected chi connectivity index (χ2v) is 4.23. The summed E-state index contributed by atoms with van der Waals surface area (Å²) in [5.41, 5.74) is 1.48. The maximum absolute atomic E-state index is 12.2. The first kappa shape index (κ1) is 12.3. The first-order chi connectivity index (χ1) is 8.45. The molecule has 0 aliphatic rings. The lowest BCUT2D eigenvalue weighted by Gasteiger charge is -2.10. The van der Waals surface area contributed by atoms with Crippen molar-refractivity contribution in [3.8, 4) is 6.01 Å². The average Bonchev–Trinajstić information content (AvgIpc) is 2.33. The molecule has 0 N–H and O–H groups in total. The molecule has 1 heterocycles. The Labute approximate surface area is 104 Å². The van der Waals surface area contributed by atoms with E-state index in [2.05, 4.69) is 4.98 Å². The highest BCUT2D eigenvalue weighted by molar-refractivity contribution is 6.05. The van der Waals surface area contributed by atoms with Gasteiger partial charge in [-0.3, -0.25) is 14.2 Å². The van der Waals surface area contributed by atoms with Crippen LogP contribution in [0, 0.1) is 6.92 Å². The molecule has 2 rings (SSSR count). The molecule has 0 radical (unpaired) electrons. The molecule has 0 spiro atoms. The summed E-state index contributed by atoms with van der Waals surface area (Å²) in [4.78, 5) is 28.0. The number of aromatic nitrogens is 2. The zero-order chi connectivity index (χ0) is 13.4. The van der Waals surface area contributed by atoms with Gasteiger partial charge in [0.1, 0.15) is 0 Å². The van der Waals surface area contributed by atoms with Gasteiger partial charge in [-0.05, 0) is 31.5 Å². The lowest BCUT2D eigenvalue weighted by molar-refractivity contribution is 0.101. The van der Waals surface area contributed by atoms with Crippen molar-refractivity contribution in [2.45, 2.75) is 13.8 Å². The number of ketones is 1. The van der Waals surface area contributed by atoms with Gasteiger partial charge in [0.05, 0.1) is 18.0 Å². The van der Waals surface area contributed by atoms with Crippen LogP contribution in [0.4, 0.5) is 0 Å². The maximum atomic E-state index is 12.2. The first-order valence-electron chi connectivity index (χ1n) is 5.52. The van der Waals surface area contributed by atoms with Gasteiger partial charge in [-0.2, -0.15) is 4.98 Å². The summed E-state index contributed by atoms with van der Waals surface area (Å²) >= 11 is 0. The number of carbonyl (C=O) groups excluding carboxylic acids is 1. The second kappa shape index (κ2) is 4.25. The summed E-state index contributed by atoms with van der Waals surface area (Å²) in [5.74, 6) is -0.119. The number of benzene rings is 1. The van der Waals surface area contributed by atoms with Gasteiger partial charge in [-0.1, -0.05) is 0 Å². The highest BCUT2D eigenvalue weighted by atomic mass is 16.5. The summed E-state index contributed by atoms with van der Waals surface area (Å²) in [6, 6.07) is 3.66. The molecule has 18 heavy (non-hydrogen) atoms. The van der Waals surface area contributed by atoms with Crippen molar-refractivity contribution in [1.29, 1.82) is 0 Å². The van der Waals surface area contributed by atoms with Crippen molar-refractivity contribution in [2.75, 3.05) is 7.11 Å². The Morgan fingerprint density at radius 1 is 1.39 bits per heavy atom. The highest BCUT2D eigenvalue weighted by Gasteiger charge is 2.14. The molecule has 0 saturated carbocycles. The number of hydrogen-bond acceptors (Lipinski definition) is 4. The van der Waals surface area contributed by atoms with E-state index in [0.717, 1.165) is 5.56 Å². The number of hydrogen-bond donors (Lipinski definition) is 0. The monoisotopic (exact) mass is 246 g/mol. The van der Waals surface area contributed by atoms with Crippen molar-refractivity contribution >= 4 is 16.7 Å². The third-order valence-electron chi connectivity index (χ3n) is 2.85. The number of Topliss-reactive ketones (excluding diaryl/α,β-unsaturated/α-hetero) is 1. The third kappa shape index (κ3) is 1.77. The van der Waals surface area contributed by atoms with E-state index < -0.39 is 0 Å². The maximum Gasteiger partial charge on any atom is 0.299 e. The van der Waals surface area contributed by atoms with E-state index in [1.54, 1.807) is 19.2 Å². The molecular weight excluding hydrogens is 232 g/mol. The van der Waals surface area contributed by atoms with Crippen LogP contribution in [-0.2, 0) is 7.05 Å². The predicted molar refractivity (Wildman–Crippen MR) is 68.3 cm³/mol. The van der Waals surface area contributed by atoms with Gasteiger partial charge in [-0.15, -0.1) is 0 Å². The van der Waals surface area contributed by atoms with Crippen LogP contribution in [-0.4, -0.2) is 22.4 Å². The third-order valence-corrected chi connectivity index (χ3v) is 2.85. The van der Waals surface area contributed by atoms with Gasteiger partial charge in [0.2, 0.25) is 0 Å². The summed E-state index contributed by atoms with van der Waals surface area (Å²) < 4.78 is 6.36. The zero-order valence-corrected chi connectivity index (χ0v) is 10.8. The minimum Gasteiger partial charge on any atom is -0.468 e. The van der Waals surface area contributed by atoms with E-state index in [4.69, 9.17) is 4.74 Å². The average molecular weight is 246 g/mol. The number of ether oxygens (including phenoxy) is 1. The number of nitrogens with zero attached hydrogens (tertiary/aromatic N) is 2. The van der Waals surface area contributed by atoms with E-state index in [9.17, 15) is 9.59 Å². The molecule has 94 valence electrons. The van der Waals surface area contributed by atoms with Crippen LogP contribution < -0.4 is 10.3 Å². The molecule has 5 heteroatoms. The molecule has 0 amide bonds. The molecule has 5 nitrogen and oxygen atoms in total. The summed E-state index contributed by atoms with van der Waals surface area (Å²) in [6.45, 7) is 3.30. The fourth-order valence-corrected chi connectivity index (χ4v) is 1.95. The van der Waals surface area contributed by atoms with E-state index in [-0.39, 0.29) is 17.4 Å². The molecule has 0 bridgehead atoms. The van der Waals surface area contributed by atoms with Crippen molar-refractivity contribution < 1.29 is 9.53 Å². The molecule has 2 aromatic rings. The van der Waals surface area contributed by atoms with Crippen LogP contribution in [0.25, 0.3) is 10.9 Å². The van der Waals surface area contributed by atoms with Gasteiger partial charge < -0.3 is 4.74 Å². The normalized spacial score (nSPS) is 10.7. The topological polar surface area (TPSA) is 61.2 Å². The van der Waals surface area contributed by atoms with Crippen LogP contribution in [0.15, 0.2) is 16.9 Å². The van der Waals surface area contributed by atoms with Crippen LogP contribution in [0.3, 0.4) is 0 Å². The lowest BCUT2D eigenvalue weighted by atomic mass is 10.0. The van der Waals surface area contributed by atoms with Crippen LogP contribution in [0.1, 0.15) is 22.8 Å². The van der Waals surface area contributed by atoms with Gasteiger partial charge in [-0.25, -0.2) is 0 Å². The minimum atomic E-state index is -0.219. The summed E-state index contributed by atoms with van der Waals surface area (Å²) in [5, 5.41) is 0.434. The molecule has 0 fully saturated rings. The molecule has 0 atom stereocenters. The smallest absolute Gasteiger partial charge is 0.299 e. The lowest BCUT2D eigenvalue weighted by Crippen LogP contribution is -2.21.